The molecule has 0 spiro atoms. The molecule has 152 valence electrons. The first kappa shape index (κ1) is 20.5. The quantitative estimate of drug-likeness (QED) is 0.596. The van der Waals surface area contributed by atoms with Gasteiger partial charge in [-0.05, 0) is 68.1 Å². The Labute approximate surface area is 168 Å². The lowest BCUT2D eigenvalue weighted by Crippen LogP contribution is -2.38. The van der Waals surface area contributed by atoms with E-state index in [2.05, 4.69) is 10.4 Å². The molecule has 3 rings (SSSR count). The summed E-state index contributed by atoms with van der Waals surface area (Å²) in [5, 5.41) is 26.6. The minimum absolute atomic E-state index is 0.0228. The summed E-state index contributed by atoms with van der Waals surface area (Å²) < 4.78 is 16.3. The Morgan fingerprint density at radius 1 is 1.28 bits per heavy atom. The number of aliphatic hydroxyl groups is 1. The average Bonchev–Trinajstić information content (AvgIpc) is 3.21. The van der Waals surface area contributed by atoms with E-state index in [9.17, 15) is 19.4 Å². The van der Waals surface area contributed by atoms with Crippen LogP contribution in [0.25, 0.3) is 5.69 Å². The van der Waals surface area contributed by atoms with Crippen molar-refractivity contribution in [3.05, 3.63) is 76.9 Å². The van der Waals surface area contributed by atoms with Crippen molar-refractivity contribution >= 4 is 5.91 Å². The van der Waals surface area contributed by atoms with Gasteiger partial charge in [-0.1, -0.05) is 12.1 Å². The van der Waals surface area contributed by atoms with Crippen molar-refractivity contribution in [2.45, 2.75) is 32.8 Å². The summed E-state index contributed by atoms with van der Waals surface area (Å²) >= 11 is 0. The maximum Gasteiger partial charge on any atom is 0.255 e. The fourth-order valence-corrected chi connectivity index (χ4v) is 2.94. The Hall–Kier alpha value is -3.19. The average molecular weight is 397 g/mol. The zero-order valence-electron chi connectivity index (χ0n) is 16.6. The molecule has 3 aromatic rings. The maximum atomic E-state index is 14.5. The van der Waals surface area contributed by atoms with Gasteiger partial charge in [0.25, 0.3) is 5.91 Å². The number of aromatic hydroxyl groups is 1. The van der Waals surface area contributed by atoms with Crippen LogP contribution in [0, 0.1) is 12.7 Å². The predicted octanol–water partition coefficient (Wildman–Crippen LogP) is 3.12. The Balaban J connectivity index is 1.85. The first-order valence-electron chi connectivity index (χ1n) is 9.26. The van der Waals surface area contributed by atoms with Crippen LogP contribution >= 0.6 is 0 Å². The van der Waals surface area contributed by atoms with Crippen LogP contribution in [0.3, 0.4) is 0 Å². The second-order valence-corrected chi connectivity index (χ2v) is 7.66. The first-order valence-corrected chi connectivity index (χ1v) is 9.26. The zero-order chi connectivity index (χ0) is 21.2. The summed E-state index contributed by atoms with van der Waals surface area (Å²) in [7, 11) is 0. The highest BCUT2D eigenvalue weighted by Crippen LogP contribution is 2.29. The van der Waals surface area contributed by atoms with Gasteiger partial charge in [-0.3, -0.25) is 4.79 Å². The van der Waals surface area contributed by atoms with Crippen LogP contribution in [0.5, 0.6) is 5.75 Å². The minimum atomic E-state index is -1.12. The number of halogens is 1. The van der Waals surface area contributed by atoms with Crippen LogP contribution in [0.1, 0.15) is 40.9 Å². The number of nitrogens with one attached hydrogen (secondary N) is 1. The number of rotatable bonds is 6. The van der Waals surface area contributed by atoms with Crippen LogP contribution in [0.4, 0.5) is 4.39 Å². The summed E-state index contributed by atoms with van der Waals surface area (Å²) in [5.41, 5.74) is 1.45. The number of amides is 1. The van der Waals surface area contributed by atoms with E-state index in [0.29, 0.717) is 12.0 Å². The van der Waals surface area contributed by atoms with E-state index in [1.807, 2.05) is 36.5 Å². The van der Waals surface area contributed by atoms with E-state index in [0.717, 1.165) is 11.3 Å². The number of phenolic OH excluding ortho intramolecular Hbond substituents is 1. The molecule has 0 aliphatic rings. The normalized spacial score (nSPS) is 11.5. The topological polar surface area (TPSA) is 87.4 Å². The number of carbonyl (C=O) groups excluding carboxylic acids is 1. The van der Waals surface area contributed by atoms with Crippen molar-refractivity contribution in [2.24, 2.45) is 0 Å². The van der Waals surface area contributed by atoms with E-state index in [-0.39, 0.29) is 17.7 Å². The van der Waals surface area contributed by atoms with E-state index < -0.39 is 23.1 Å². The Morgan fingerprint density at radius 3 is 2.55 bits per heavy atom. The highest BCUT2D eigenvalue weighted by molar-refractivity contribution is 5.97. The number of aromatic nitrogens is 2. The van der Waals surface area contributed by atoms with Gasteiger partial charge in [0.1, 0.15) is 0 Å². The molecule has 0 unspecified atom stereocenters. The largest absolute Gasteiger partial charge is 0.504 e. The summed E-state index contributed by atoms with van der Waals surface area (Å²) in [6, 6.07) is 11.0. The summed E-state index contributed by atoms with van der Waals surface area (Å²) in [5.74, 6) is -2.14. The van der Waals surface area contributed by atoms with Gasteiger partial charge in [-0.2, -0.15) is 5.10 Å². The molecule has 0 fully saturated rings. The summed E-state index contributed by atoms with van der Waals surface area (Å²) in [6.07, 6.45) is 3.93. The molecule has 6 nitrogen and oxygen atoms in total. The van der Waals surface area contributed by atoms with Gasteiger partial charge in [0.2, 0.25) is 0 Å². The van der Waals surface area contributed by atoms with Gasteiger partial charge in [0.15, 0.2) is 11.6 Å². The smallest absolute Gasteiger partial charge is 0.255 e. The Bertz CT molecular complexity index is 1010. The molecular formula is C22H24FN3O3. The number of phenols is 1. The van der Waals surface area contributed by atoms with E-state index >= 15 is 0 Å². The third-order valence-corrected chi connectivity index (χ3v) is 4.62. The molecule has 0 saturated heterocycles. The molecule has 3 N–H and O–H groups in total. The van der Waals surface area contributed by atoms with Crippen molar-refractivity contribution in [2.75, 3.05) is 6.54 Å². The third-order valence-electron chi connectivity index (χ3n) is 4.62. The van der Waals surface area contributed by atoms with Crippen LogP contribution in [0.15, 0.2) is 48.8 Å². The number of hydrogen-bond donors (Lipinski definition) is 3. The van der Waals surface area contributed by atoms with Crippen LogP contribution in [-0.2, 0) is 6.42 Å². The monoisotopic (exact) mass is 397 g/mol. The summed E-state index contributed by atoms with van der Waals surface area (Å²) in [4.78, 5) is 12.4. The van der Waals surface area contributed by atoms with Crippen molar-refractivity contribution in [1.82, 2.24) is 15.1 Å². The molecular weight excluding hydrogens is 373 g/mol. The molecule has 0 bridgehead atoms. The molecule has 0 atom stereocenters. The van der Waals surface area contributed by atoms with Crippen molar-refractivity contribution in [3.8, 4) is 11.4 Å². The van der Waals surface area contributed by atoms with E-state index in [1.54, 1.807) is 31.6 Å². The van der Waals surface area contributed by atoms with Gasteiger partial charge >= 0.3 is 0 Å². The number of nitrogens with zero attached hydrogens (tertiary/aromatic N) is 2. The molecule has 2 aromatic carbocycles. The van der Waals surface area contributed by atoms with Crippen LogP contribution in [0.2, 0.25) is 0 Å². The molecule has 0 aliphatic carbocycles. The van der Waals surface area contributed by atoms with E-state index in [4.69, 9.17) is 0 Å². The maximum absolute atomic E-state index is 14.5. The fraction of sp³-hybridized carbons (Fsp3) is 0.273. The second-order valence-electron chi connectivity index (χ2n) is 7.66. The lowest BCUT2D eigenvalue weighted by molar-refractivity contribution is 0.0692. The number of benzene rings is 2. The Morgan fingerprint density at radius 2 is 1.97 bits per heavy atom. The van der Waals surface area contributed by atoms with Gasteiger partial charge in [0.05, 0.1) is 16.9 Å². The molecule has 29 heavy (non-hydrogen) atoms. The van der Waals surface area contributed by atoms with E-state index in [1.165, 1.54) is 6.07 Å². The standard InChI is InChI=1S/C22H24FN3O3/c1-14-16(11-15-5-7-17(8-6-15)26-10-4-9-25-26)12-18(20(27)19(14)23)21(28)24-13-22(2,3)29/h4-10,12,27,29H,11,13H2,1-3H3,(H,24,28). The van der Waals surface area contributed by atoms with Gasteiger partial charge < -0.3 is 15.5 Å². The number of carbonyl (C=O) groups is 1. The fourth-order valence-electron chi connectivity index (χ4n) is 2.94. The molecule has 1 aromatic heterocycles. The van der Waals surface area contributed by atoms with Crippen LogP contribution in [-0.4, -0.2) is 38.0 Å². The molecule has 1 amide bonds. The molecule has 0 aliphatic heterocycles. The molecule has 1 heterocycles. The zero-order valence-corrected chi connectivity index (χ0v) is 16.6. The van der Waals surface area contributed by atoms with Gasteiger partial charge in [-0.25, -0.2) is 9.07 Å². The first-order chi connectivity index (χ1) is 13.7. The minimum Gasteiger partial charge on any atom is -0.504 e. The summed E-state index contributed by atoms with van der Waals surface area (Å²) in [6.45, 7) is 4.63. The molecule has 0 saturated carbocycles. The second kappa shape index (κ2) is 8.05. The van der Waals surface area contributed by atoms with Gasteiger partial charge in [0, 0.05) is 18.9 Å². The van der Waals surface area contributed by atoms with Crippen molar-refractivity contribution < 1.29 is 19.4 Å². The lowest BCUT2D eigenvalue weighted by Gasteiger charge is -2.18. The Kier molecular flexibility index (Phi) is 5.70. The lowest BCUT2D eigenvalue weighted by atomic mass is 9.96. The highest BCUT2D eigenvalue weighted by atomic mass is 19.1. The predicted molar refractivity (Wildman–Crippen MR) is 108 cm³/mol. The number of hydrogen-bond acceptors (Lipinski definition) is 4. The van der Waals surface area contributed by atoms with Crippen molar-refractivity contribution in [1.29, 1.82) is 0 Å². The van der Waals surface area contributed by atoms with Crippen LogP contribution < -0.4 is 5.32 Å². The van der Waals surface area contributed by atoms with Gasteiger partial charge in [-0.15, -0.1) is 0 Å². The highest BCUT2D eigenvalue weighted by Gasteiger charge is 2.22. The third kappa shape index (κ3) is 4.81. The SMILES string of the molecule is Cc1c(Cc2ccc(-n3cccn3)cc2)cc(C(=O)NCC(C)(C)O)c(O)c1F. The molecule has 0 radical (unpaired) electrons. The molecule has 7 heteroatoms. The van der Waals surface area contributed by atoms with Crippen molar-refractivity contribution in [3.63, 3.8) is 0 Å².